The molecule has 2 aliphatic heterocycles. The number of nitrogen functional groups attached to an aromatic ring is 1. The zero-order valence-corrected chi connectivity index (χ0v) is 20.9. The van der Waals surface area contributed by atoms with E-state index in [-0.39, 0.29) is 41.3 Å². The van der Waals surface area contributed by atoms with Gasteiger partial charge in [-0.15, -0.1) is 10.2 Å². The largest absolute Gasteiger partial charge is 0.383 e. The average Bonchev–Trinajstić information content (AvgIpc) is 3.75. The molecule has 2 bridgehead atoms. The highest BCUT2D eigenvalue weighted by molar-refractivity contribution is 6.00. The van der Waals surface area contributed by atoms with E-state index in [1.165, 1.54) is 24.1 Å². The van der Waals surface area contributed by atoms with Crippen LogP contribution in [0.2, 0.25) is 0 Å². The van der Waals surface area contributed by atoms with E-state index in [9.17, 15) is 9.59 Å². The molecule has 0 radical (unpaired) electrons. The quantitative estimate of drug-likeness (QED) is 0.287. The van der Waals surface area contributed by atoms with E-state index in [4.69, 9.17) is 10.7 Å². The first-order chi connectivity index (χ1) is 19.0. The Bertz CT molecular complexity index is 1680. The third kappa shape index (κ3) is 3.66. The molecule has 39 heavy (non-hydrogen) atoms. The topological polar surface area (TPSA) is 190 Å². The molecule has 2 aliphatic rings. The fourth-order valence-corrected chi connectivity index (χ4v) is 6.07. The number of piperidine rings is 1. The van der Waals surface area contributed by atoms with Crippen LogP contribution in [-0.2, 0) is 0 Å². The van der Waals surface area contributed by atoms with Crippen molar-refractivity contribution in [3.05, 3.63) is 54.3 Å². The molecule has 0 aromatic carbocycles. The Morgan fingerprint density at radius 2 is 1.90 bits per heavy atom. The number of nitrogens with one attached hydrogen (secondary N) is 2. The van der Waals surface area contributed by atoms with E-state index in [2.05, 4.69) is 40.4 Å². The number of hydrogen-bond acceptors (Lipinski definition) is 10. The lowest BCUT2D eigenvalue weighted by Gasteiger charge is -2.38. The second kappa shape index (κ2) is 8.79. The van der Waals surface area contributed by atoms with Gasteiger partial charge in [0.15, 0.2) is 17.3 Å². The third-order valence-corrected chi connectivity index (χ3v) is 7.75. The van der Waals surface area contributed by atoms with Crippen LogP contribution in [0.4, 0.5) is 5.82 Å². The number of anilines is 1. The van der Waals surface area contributed by atoms with Crippen LogP contribution in [-0.4, -0.2) is 78.6 Å². The smallest absolute Gasteiger partial charge is 0.292 e. The Morgan fingerprint density at radius 1 is 1.08 bits per heavy atom. The molecule has 196 valence electrons. The van der Waals surface area contributed by atoms with E-state index in [0.29, 0.717) is 41.3 Å². The van der Waals surface area contributed by atoms with Gasteiger partial charge in [-0.3, -0.25) is 19.7 Å². The Labute approximate surface area is 221 Å². The lowest BCUT2D eigenvalue weighted by molar-refractivity contribution is 0.0556. The van der Waals surface area contributed by atoms with Crippen molar-refractivity contribution in [1.29, 1.82) is 0 Å². The van der Waals surface area contributed by atoms with Gasteiger partial charge in [0, 0.05) is 35.3 Å². The predicted molar refractivity (Wildman–Crippen MR) is 137 cm³/mol. The normalized spacial score (nSPS) is 20.5. The van der Waals surface area contributed by atoms with E-state index >= 15 is 0 Å². The maximum Gasteiger partial charge on any atom is 0.292 e. The summed E-state index contributed by atoms with van der Waals surface area (Å²) < 4.78 is 1.51. The average molecular weight is 525 g/mol. The zero-order chi connectivity index (χ0) is 26.7. The summed E-state index contributed by atoms with van der Waals surface area (Å²) in [7, 11) is 0. The SMILES string of the molecule is CC(=O)c1c([C@@H]2C[C@H]3CC[C@@H](C2)N3C(=O)c2nnc[nH]2)nc2c(-c3ccc(-c4nc[nH]n4)nc3)cnn2c1N. The van der Waals surface area contributed by atoms with Crippen molar-refractivity contribution in [2.45, 2.75) is 50.6 Å². The number of amides is 1. The molecule has 0 saturated carbocycles. The minimum absolute atomic E-state index is 0.0159. The van der Waals surface area contributed by atoms with Crippen molar-refractivity contribution in [2.75, 3.05) is 5.73 Å². The van der Waals surface area contributed by atoms with Crippen LogP contribution in [0, 0.1) is 0 Å². The number of carbonyl (C=O) groups excluding carboxylic acids is 2. The van der Waals surface area contributed by atoms with Crippen LogP contribution in [0.5, 0.6) is 0 Å². The molecule has 7 heterocycles. The molecular weight excluding hydrogens is 500 g/mol. The van der Waals surface area contributed by atoms with Gasteiger partial charge in [-0.1, -0.05) is 6.07 Å². The number of pyridine rings is 1. The maximum absolute atomic E-state index is 13.1. The van der Waals surface area contributed by atoms with Crippen LogP contribution in [0.25, 0.3) is 28.3 Å². The standard InChI is InChI=1S/C25H24N12O2/c1-12(38)19-20(14-6-15-3-4-16(7-14)36(15)25(39)23-29-11-31-35-23)33-24-17(9-32-37(24)21(19)26)13-2-5-18(27-8-13)22-28-10-30-34-22/h2,5,8-11,14-16H,3-4,6-7,26H2,1H3,(H,28,30,34)(H,29,31,35)/t14-,15-,16+. The highest BCUT2D eigenvalue weighted by Gasteiger charge is 2.45. The molecule has 1 amide bonds. The summed E-state index contributed by atoms with van der Waals surface area (Å²) in [5.74, 6) is 0.643. The molecule has 3 atom stereocenters. The van der Waals surface area contributed by atoms with Crippen molar-refractivity contribution < 1.29 is 9.59 Å². The molecule has 2 saturated heterocycles. The second-order valence-electron chi connectivity index (χ2n) is 9.97. The molecule has 0 aliphatic carbocycles. The van der Waals surface area contributed by atoms with Crippen molar-refractivity contribution in [3.63, 3.8) is 0 Å². The first-order valence-electron chi connectivity index (χ1n) is 12.7. The van der Waals surface area contributed by atoms with Crippen molar-refractivity contribution >= 4 is 23.2 Å². The van der Waals surface area contributed by atoms with E-state index in [1.54, 1.807) is 12.4 Å². The molecule has 4 N–H and O–H groups in total. The van der Waals surface area contributed by atoms with Gasteiger partial charge in [0.1, 0.15) is 24.2 Å². The lowest BCUT2D eigenvalue weighted by atomic mass is 9.85. The van der Waals surface area contributed by atoms with Gasteiger partial charge in [-0.25, -0.2) is 9.97 Å². The van der Waals surface area contributed by atoms with Gasteiger partial charge in [-0.2, -0.15) is 14.7 Å². The van der Waals surface area contributed by atoms with Crippen LogP contribution in [0.15, 0.2) is 37.2 Å². The van der Waals surface area contributed by atoms with Crippen molar-refractivity contribution in [2.24, 2.45) is 0 Å². The Hall–Kier alpha value is -5.01. The number of nitrogens with zero attached hydrogens (tertiary/aromatic N) is 9. The monoisotopic (exact) mass is 524 g/mol. The number of carbonyl (C=O) groups is 2. The van der Waals surface area contributed by atoms with Crippen LogP contribution in [0.3, 0.4) is 0 Å². The molecule has 0 spiro atoms. The fourth-order valence-electron chi connectivity index (χ4n) is 6.07. The highest BCUT2D eigenvalue weighted by atomic mass is 16.2. The number of rotatable bonds is 5. The number of aromatic amines is 2. The number of nitrogens with two attached hydrogens (primary N) is 1. The van der Waals surface area contributed by atoms with E-state index < -0.39 is 0 Å². The summed E-state index contributed by atoms with van der Waals surface area (Å²) >= 11 is 0. The van der Waals surface area contributed by atoms with Crippen LogP contribution >= 0.6 is 0 Å². The highest BCUT2D eigenvalue weighted by Crippen LogP contribution is 2.45. The first-order valence-corrected chi connectivity index (χ1v) is 12.7. The zero-order valence-electron chi connectivity index (χ0n) is 20.9. The molecule has 7 rings (SSSR count). The summed E-state index contributed by atoms with van der Waals surface area (Å²) in [5.41, 5.74) is 10.3. The minimum Gasteiger partial charge on any atom is -0.383 e. The molecule has 0 unspecified atom stereocenters. The molecule has 14 heteroatoms. The van der Waals surface area contributed by atoms with E-state index in [1.807, 2.05) is 17.0 Å². The van der Waals surface area contributed by atoms with Crippen LogP contribution < -0.4 is 5.73 Å². The lowest BCUT2D eigenvalue weighted by Crippen LogP contribution is -2.46. The summed E-state index contributed by atoms with van der Waals surface area (Å²) in [6, 6.07) is 3.76. The molecular formula is C25H24N12O2. The molecule has 5 aromatic rings. The number of fused-ring (bicyclic) bond motifs is 3. The van der Waals surface area contributed by atoms with Gasteiger partial charge in [0.05, 0.1) is 17.5 Å². The fraction of sp³-hybridized carbons (Fsp3) is 0.320. The Morgan fingerprint density at radius 3 is 2.54 bits per heavy atom. The first kappa shape index (κ1) is 23.1. The van der Waals surface area contributed by atoms with Gasteiger partial charge in [0.2, 0.25) is 5.82 Å². The number of ketones is 1. The predicted octanol–water partition coefficient (Wildman–Crippen LogP) is 2.03. The summed E-state index contributed by atoms with van der Waals surface area (Å²) in [6.45, 7) is 1.50. The van der Waals surface area contributed by atoms with Crippen molar-refractivity contribution in [3.8, 4) is 22.6 Å². The number of hydrogen-bond donors (Lipinski definition) is 3. The third-order valence-electron chi connectivity index (χ3n) is 7.75. The number of aromatic nitrogens is 10. The van der Waals surface area contributed by atoms with Crippen molar-refractivity contribution in [1.82, 2.24) is 54.8 Å². The van der Waals surface area contributed by atoms with Gasteiger partial charge in [0.25, 0.3) is 5.91 Å². The second-order valence-corrected chi connectivity index (χ2v) is 9.97. The summed E-state index contributed by atoms with van der Waals surface area (Å²) in [5, 5.41) is 18.9. The molecule has 2 fully saturated rings. The van der Waals surface area contributed by atoms with Gasteiger partial charge >= 0.3 is 0 Å². The number of H-pyrrole nitrogens is 2. The molecule has 14 nitrogen and oxygen atoms in total. The Balaban J connectivity index is 1.27. The van der Waals surface area contributed by atoms with Gasteiger partial charge < -0.3 is 15.6 Å². The number of Topliss-reactive ketones (excluding diaryl/α,β-unsaturated/α-hetero) is 1. The van der Waals surface area contributed by atoms with Crippen LogP contribution in [0.1, 0.15) is 65.2 Å². The summed E-state index contributed by atoms with van der Waals surface area (Å²) in [4.78, 5) is 44.3. The Kier molecular flexibility index (Phi) is 5.21. The minimum atomic E-state index is -0.168. The van der Waals surface area contributed by atoms with E-state index in [0.717, 1.165) is 24.0 Å². The summed E-state index contributed by atoms with van der Waals surface area (Å²) in [6.07, 6.45) is 9.42. The maximum atomic E-state index is 13.1. The molecule has 5 aromatic heterocycles. The van der Waals surface area contributed by atoms with Gasteiger partial charge in [-0.05, 0) is 38.7 Å².